The highest BCUT2D eigenvalue weighted by molar-refractivity contribution is 5.94. The minimum atomic E-state index is -0.0142. The van der Waals surface area contributed by atoms with Gasteiger partial charge in [0.15, 0.2) is 0 Å². The molecule has 2 rings (SSSR count). The quantitative estimate of drug-likeness (QED) is 0.886. The Morgan fingerprint density at radius 2 is 2.11 bits per heavy atom. The van der Waals surface area contributed by atoms with E-state index >= 15 is 0 Å². The van der Waals surface area contributed by atoms with Gasteiger partial charge in [0.25, 0.3) is 5.91 Å². The first-order chi connectivity index (χ1) is 8.66. The summed E-state index contributed by atoms with van der Waals surface area (Å²) in [5.41, 5.74) is 0.638. The molecular formula is C14H21N3O. The average molecular weight is 247 g/mol. The summed E-state index contributed by atoms with van der Waals surface area (Å²) in [7, 11) is 3.87. The van der Waals surface area contributed by atoms with Crippen LogP contribution in [0.2, 0.25) is 0 Å². The van der Waals surface area contributed by atoms with Gasteiger partial charge in [-0.05, 0) is 30.9 Å². The molecule has 1 heterocycles. The number of amides is 1. The van der Waals surface area contributed by atoms with Gasteiger partial charge in [-0.2, -0.15) is 0 Å². The van der Waals surface area contributed by atoms with Crippen LogP contribution in [0.4, 0.5) is 5.82 Å². The second-order valence-corrected chi connectivity index (χ2v) is 5.16. The number of rotatable bonds is 4. The Labute approximate surface area is 108 Å². The second kappa shape index (κ2) is 5.85. The fourth-order valence-electron chi connectivity index (χ4n) is 2.34. The van der Waals surface area contributed by atoms with Gasteiger partial charge in [0.2, 0.25) is 0 Å². The van der Waals surface area contributed by atoms with Crippen LogP contribution in [0, 0.1) is 5.92 Å². The number of carbonyl (C=O) groups is 1. The molecule has 0 bridgehead atoms. The summed E-state index contributed by atoms with van der Waals surface area (Å²) >= 11 is 0. The molecular weight excluding hydrogens is 226 g/mol. The molecule has 4 nitrogen and oxygen atoms in total. The lowest BCUT2D eigenvalue weighted by Crippen LogP contribution is -2.28. The van der Waals surface area contributed by atoms with E-state index in [1.165, 1.54) is 25.7 Å². The van der Waals surface area contributed by atoms with Crippen molar-refractivity contribution in [2.75, 3.05) is 25.5 Å². The Bertz CT molecular complexity index is 394. The Balaban J connectivity index is 1.87. The average Bonchev–Trinajstić information content (AvgIpc) is 2.89. The molecule has 0 radical (unpaired) electrons. The maximum atomic E-state index is 11.9. The number of anilines is 1. The number of nitrogens with zero attached hydrogens (tertiary/aromatic N) is 2. The van der Waals surface area contributed by atoms with Crippen LogP contribution in [-0.2, 0) is 0 Å². The van der Waals surface area contributed by atoms with Gasteiger partial charge in [-0.1, -0.05) is 12.8 Å². The fourth-order valence-corrected chi connectivity index (χ4v) is 2.34. The highest BCUT2D eigenvalue weighted by Gasteiger charge is 2.16. The van der Waals surface area contributed by atoms with Crippen molar-refractivity contribution in [3.8, 4) is 0 Å². The highest BCUT2D eigenvalue weighted by Crippen LogP contribution is 2.23. The van der Waals surface area contributed by atoms with Gasteiger partial charge < -0.3 is 10.2 Å². The predicted octanol–water partition coefficient (Wildman–Crippen LogP) is 2.07. The number of aromatic nitrogens is 1. The standard InChI is InChI=1S/C14H21N3O/c1-17(2)13-8-7-12(10-15-13)14(18)16-9-11-5-3-4-6-11/h7-8,10-11H,3-6,9H2,1-2H3,(H,16,18). The van der Waals surface area contributed by atoms with Gasteiger partial charge in [0.05, 0.1) is 5.56 Å². The van der Waals surface area contributed by atoms with E-state index in [1.54, 1.807) is 6.20 Å². The summed E-state index contributed by atoms with van der Waals surface area (Å²) < 4.78 is 0. The maximum Gasteiger partial charge on any atom is 0.252 e. The smallest absolute Gasteiger partial charge is 0.252 e. The molecule has 1 saturated carbocycles. The number of hydrogen-bond acceptors (Lipinski definition) is 3. The summed E-state index contributed by atoms with van der Waals surface area (Å²) in [5.74, 6) is 1.52. The number of pyridine rings is 1. The third kappa shape index (κ3) is 3.22. The van der Waals surface area contributed by atoms with Crippen LogP contribution in [0.15, 0.2) is 18.3 Å². The lowest BCUT2D eigenvalue weighted by Gasteiger charge is -2.12. The molecule has 0 aromatic carbocycles. The van der Waals surface area contributed by atoms with E-state index in [0.717, 1.165) is 12.4 Å². The molecule has 0 atom stereocenters. The highest BCUT2D eigenvalue weighted by atomic mass is 16.1. The van der Waals surface area contributed by atoms with E-state index in [1.807, 2.05) is 31.1 Å². The van der Waals surface area contributed by atoms with Crippen LogP contribution in [-0.4, -0.2) is 31.5 Å². The van der Waals surface area contributed by atoms with Crippen LogP contribution in [0.1, 0.15) is 36.0 Å². The van der Waals surface area contributed by atoms with Gasteiger partial charge in [0.1, 0.15) is 5.82 Å². The van der Waals surface area contributed by atoms with Crippen molar-refractivity contribution in [3.05, 3.63) is 23.9 Å². The lowest BCUT2D eigenvalue weighted by atomic mass is 10.1. The Kier molecular flexibility index (Phi) is 4.18. The van der Waals surface area contributed by atoms with Crippen LogP contribution in [0.25, 0.3) is 0 Å². The second-order valence-electron chi connectivity index (χ2n) is 5.16. The van der Waals surface area contributed by atoms with Crippen LogP contribution >= 0.6 is 0 Å². The molecule has 1 amide bonds. The third-order valence-corrected chi connectivity index (χ3v) is 3.49. The molecule has 1 aromatic rings. The zero-order valence-corrected chi connectivity index (χ0v) is 11.1. The van der Waals surface area contributed by atoms with Crippen molar-refractivity contribution in [3.63, 3.8) is 0 Å². The van der Waals surface area contributed by atoms with Crippen molar-refractivity contribution in [2.24, 2.45) is 5.92 Å². The molecule has 1 aromatic heterocycles. The summed E-state index contributed by atoms with van der Waals surface area (Å²) in [4.78, 5) is 18.1. The van der Waals surface area contributed by atoms with E-state index in [9.17, 15) is 4.79 Å². The van der Waals surface area contributed by atoms with Crippen molar-refractivity contribution in [1.82, 2.24) is 10.3 Å². The summed E-state index contributed by atoms with van der Waals surface area (Å²) in [6, 6.07) is 3.69. The van der Waals surface area contributed by atoms with E-state index in [4.69, 9.17) is 0 Å². The van der Waals surface area contributed by atoms with Crippen LogP contribution in [0.5, 0.6) is 0 Å². The largest absolute Gasteiger partial charge is 0.363 e. The minimum Gasteiger partial charge on any atom is -0.363 e. The Morgan fingerprint density at radius 3 is 2.67 bits per heavy atom. The van der Waals surface area contributed by atoms with Crippen molar-refractivity contribution in [1.29, 1.82) is 0 Å². The van der Waals surface area contributed by atoms with Crippen molar-refractivity contribution >= 4 is 11.7 Å². The number of carbonyl (C=O) groups excluding carboxylic acids is 1. The zero-order chi connectivity index (χ0) is 13.0. The van der Waals surface area contributed by atoms with E-state index < -0.39 is 0 Å². The van der Waals surface area contributed by atoms with E-state index in [2.05, 4.69) is 10.3 Å². The third-order valence-electron chi connectivity index (χ3n) is 3.49. The summed E-state index contributed by atoms with van der Waals surface area (Å²) in [6.45, 7) is 0.800. The molecule has 1 fully saturated rings. The molecule has 98 valence electrons. The van der Waals surface area contributed by atoms with Gasteiger partial charge >= 0.3 is 0 Å². The van der Waals surface area contributed by atoms with Crippen LogP contribution in [0.3, 0.4) is 0 Å². The van der Waals surface area contributed by atoms with Crippen molar-refractivity contribution < 1.29 is 4.79 Å². The fraction of sp³-hybridized carbons (Fsp3) is 0.571. The molecule has 0 aliphatic heterocycles. The molecule has 18 heavy (non-hydrogen) atoms. The molecule has 4 heteroatoms. The zero-order valence-electron chi connectivity index (χ0n) is 11.1. The first-order valence-corrected chi connectivity index (χ1v) is 6.58. The molecule has 1 N–H and O–H groups in total. The first-order valence-electron chi connectivity index (χ1n) is 6.58. The Hall–Kier alpha value is -1.58. The first kappa shape index (κ1) is 12.9. The normalized spacial score (nSPS) is 15.7. The molecule has 0 saturated heterocycles. The summed E-state index contributed by atoms with van der Waals surface area (Å²) in [6.07, 6.45) is 6.74. The molecule has 0 spiro atoms. The Morgan fingerprint density at radius 1 is 1.39 bits per heavy atom. The van der Waals surface area contributed by atoms with Gasteiger partial charge in [0, 0.05) is 26.8 Å². The monoisotopic (exact) mass is 247 g/mol. The minimum absolute atomic E-state index is 0.0142. The molecule has 1 aliphatic rings. The molecule has 0 unspecified atom stereocenters. The molecule has 1 aliphatic carbocycles. The lowest BCUT2D eigenvalue weighted by molar-refractivity contribution is 0.0947. The predicted molar refractivity (Wildman–Crippen MR) is 72.9 cm³/mol. The number of hydrogen-bond donors (Lipinski definition) is 1. The maximum absolute atomic E-state index is 11.9. The van der Waals surface area contributed by atoms with E-state index in [-0.39, 0.29) is 5.91 Å². The topological polar surface area (TPSA) is 45.2 Å². The van der Waals surface area contributed by atoms with Crippen LogP contribution < -0.4 is 10.2 Å². The van der Waals surface area contributed by atoms with Gasteiger partial charge in [-0.15, -0.1) is 0 Å². The van der Waals surface area contributed by atoms with E-state index in [0.29, 0.717) is 11.5 Å². The number of nitrogens with one attached hydrogen (secondary N) is 1. The van der Waals surface area contributed by atoms with Gasteiger partial charge in [-0.25, -0.2) is 4.98 Å². The summed E-state index contributed by atoms with van der Waals surface area (Å²) in [5, 5.41) is 3.00. The van der Waals surface area contributed by atoms with Gasteiger partial charge in [-0.3, -0.25) is 4.79 Å². The SMILES string of the molecule is CN(C)c1ccc(C(=O)NCC2CCCC2)cn1. The van der Waals surface area contributed by atoms with Crippen molar-refractivity contribution in [2.45, 2.75) is 25.7 Å².